The number of hydrogen-bond donors (Lipinski definition) is 2. The maximum Gasteiger partial charge on any atom is 0.258 e. The van der Waals surface area contributed by atoms with Crippen molar-refractivity contribution in [1.29, 1.82) is 0 Å². The molecule has 2 aliphatic rings. The molecule has 1 amide bonds. The van der Waals surface area contributed by atoms with Gasteiger partial charge in [0.05, 0.1) is 24.1 Å². The Kier molecular flexibility index (Phi) is 4.96. The Hall–Kier alpha value is -2.29. The summed E-state index contributed by atoms with van der Waals surface area (Å²) in [6, 6.07) is 7.30. The minimum absolute atomic E-state index is 0.0520. The number of piperazine rings is 1. The van der Waals surface area contributed by atoms with Gasteiger partial charge in [0.2, 0.25) is 0 Å². The highest BCUT2D eigenvalue weighted by Crippen LogP contribution is 2.12. The number of ether oxygens (including phenoxy) is 1. The van der Waals surface area contributed by atoms with Crippen LogP contribution in [0.1, 0.15) is 5.82 Å². The van der Waals surface area contributed by atoms with E-state index in [0.717, 1.165) is 26.2 Å². The Morgan fingerprint density at radius 2 is 2.04 bits per heavy atom. The summed E-state index contributed by atoms with van der Waals surface area (Å²) in [5, 5.41) is 3.83. The molecule has 0 aliphatic carbocycles. The second-order valence-electron chi connectivity index (χ2n) is 6.70. The van der Waals surface area contributed by atoms with E-state index in [1.807, 2.05) is 23.1 Å². The molecule has 0 bridgehead atoms. The molecule has 2 aliphatic heterocycles. The lowest BCUT2D eigenvalue weighted by molar-refractivity contribution is -0.150. The zero-order chi connectivity index (χ0) is 17.9. The standard InChI is InChI=1S/C18H23N5O3/c24-17-13-3-1-2-4-14(13)20-16(21-17)12-22-9-10-26-15(11-22)18(25)23-7-5-19-6-8-23/h1-4,15,19H,5-12H2,(H,20,21,24)/t15-/m1/s1. The summed E-state index contributed by atoms with van der Waals surface area (Å²) >= 11 is 0. The van der Waals surface area contributed by atoms with Gasteiger partial charge in [-0.1, -0.05) is 12.1 Å². The van der Waals surface area contributed by atoms with Crippen molar-refractivity contribution in [2.75, 3.05) is 45.9 Å². The summed E-state index contributed by atoms with van der Waals surface area (Å²) in [5.74, 6) is 0.667. The molecule has 4 rings (SSSR count). The van der Waals surface area contributed by atoms with E-state index in [9.17, 15) is 9.59 Å². The molecule has 0 unspecified atom stereocenters. The highest BCUT2D eigenvalue weighted by molar-refractivity contribution is 5.81. The van der Waals surface area contributed by atoms with E-state index in [0.29, 0.717) is 43.0 Å². The molecule has 0 spiro atoms. The normalized spacial score (nSPS) is 21.8. The van der Waals surface area contributed by atoms with Gasteiger partial charge in [0.15, 0.2) is 0 Å². The minimum Gasteiger partial charge on any atom is -0.366 e. The number of aromatic amines is 1. The molecule has 8 heteroatoms. The van der Waals surface area contributed by atoms with Gasteiger partial charge < -0.3 is 19.9 Å². The topological polar surface area (TPSA) is 90.6 Å². The van der Waals surface area contributed by atoms with E-state index < -0.39 is 6.10 Å². The maximum atomic E-state index is 12.7. The molecular weight excluding hydrogens is 334 g/mol. The van der Waals surface area contributed by atoms with E-state index in [4.69, 9.17) is 4.74 Å². The predicted octanol–water partition coefficient (Wildman–Crippen LogP) is -0.444. The van der Waals surface area contributed by atoms with Crippen molar-refractivity contribution in [2.45, 2.75) is 12.6 Å². The van der Waals surface area contributed by atoms with Crippen LogP contribution in [0.25, 0.3) is 10.9 Å². The van der Waals surface area contributed by atoms with Crippen LogP contribution in [-0.2, 0) is 16.1 Å². The van der Waals surface area contributed by atoms with Gasteiger partial charge >= 0.3 is 0 Å². The molecule has 1 aromatic heterocycles. The van der Waals surface area contributed by atoms with Gasteiger partial charge in [-0.2, -0.15) is 0 Å². The highest BCUT2D eigenvalue weighted by atomic mass is 16.5. The Morgan fingerprint density at radius 1 is 1.23 bits per heavy atom. The third-order valence-electron chi connectivity index (χ3n) is 4.89. The Balaban J connectivity index is 1.45. The molecule has 26 heavy (non-hydrogen) atoms. The molecule has 8 nitrogen and oxygen atoms in total. The summed E-state index contributed by atoms with van der Waals surface area (Å²) in [7, 11) is 0. The first kappa shape index (κ1) is 17.1. The average molecular weight is 357 g/mol. The summed E-state index contributed by atoms with van der Waals surface area (Å²) in [5.41, 5.74) is 0.556. The second kappa shape index (κ2) is 7.53. The van der Waals surface area contributed by atoms with Crippen LogP contribution in [0.2, 0.25) is 0 Å². The van der Waals surface area contributed by atoms with Crippen LogP contribution in [0.5, 0.6) is 0 Å². The number of amides is 1. The Morgan fingerprint density at radius 3 is 2.88 bits per heavy atom. The zero-order valence-electron chi connectivity index (χ0n) is 14.6. The van der Waals surface area contributed by atoms with E-state index in [2.05, 4.69) is 20.2 Å². The molecule has 2 saturated heterocycles. The SMILES string of the molecule is O=C([C@H]1CN(Cc2nc3ccccc3c(=O)[nH]2)CCO1)N1CCNCC1. The number of aromatic nitrogens is 2. The minimum atomic E-state index is -0.450. The summed E-state index contributed by atoms with van der Waals surface area (Å²) in [4.78, 5) is 36.2. The molecule has 0 radical (unpaired) electrons. The fraction of sp³-hybridized carbons (Fsp3) is 0.500. The molecule has 3 heterocycles. The zero-order valence-corrected chi connectivity index (χ0v) is 14.6. The molecule has 2 N–H and O–H groups in total. The lowest BCUT2D eigenvalue weighted by Crippen LogP contribution is -2.55. The number of nitrogens with one attached hydrogen (secondary N) is 2. The highest BCUT2D eigenvalue weighted by Gasteiger charge is 2.31. The quantitative estimate of drug-likeness (QED) is 0.774. The van der Waals surface area contributed by atoms with Crippen molar-refractivity contribution in [1.82, 2.24) is 25.1 Å². The van der Waals surface area contributed by atoms with Gasteiger partial charge in [0.1, 0.15) is 11.9 Å². The van der Waals surface area contributed by atoms with Crippen LogP contribution < -0.4 is 10.9 Å². The van der Waals surface area contributed by atoms with Gasteiger partial charge in [0.25, 0.3) is 11.5 Å². The van der Waals surface area contributed by atoms with Gasteiger partial charge in [-0.25, -0.2) is 4.98 Å². The number of rotatable bonds is 3. The van der Waals surface area contributed by atoms with Gasteiger partial charge in [-0.15, -0.1) is 0 Å². The molecule has 2 fully saturated rings. The van der Waals surface area contributed by atoms with E-state index in [1.54, 1.807) is 6.07 Å². The van der Waals surface area contributed by atoms with Crippen LogP contribution in [-0.4, -0.2) is 77.7 Å². The fourth-order valence-electron chi connectivity index (χ4n) is 3.51. The summed E-state index contributed by atoms with van der Waals surface area (Å²) < 4.78 is 5.71. The van der Waals surface area contributed by atoms with E-state index >= 15 is 0 Å². The number of morpholine rings is 1. The molecule has 138 valence electrons. The Labute approximate surface area is 151 Å². The number of hydrogen-bond acceptors (Lipinski definition) is 6. The molecule has 1 aromatic carbocycles. The first-order valence-corrected chi connectivity index (χ1v) is 9.02. The molecule has 1 atom stereocenters. The van der Waals surface area contributed by atoms with Crippen LogP contribution in [0, 0.1) is 0 Å². The van der Waals surface area contributed by atoms with Gasteiger partial charge in [-0.05, 0) is 12.1 Å². The van der Waals surface area contributed by atoms with Crippen molar-refractivity contribution >= 4 is 16.8 Å². The number of H-pyrrole nitrogens is 1. The van der Waals surface area contributed by atoms with Crippen molar-refractivity contribution < 1.29 is 9.53 Å². The summed E-state index contributed by atoms with van der Waals surface area (Å²) in [6.45, 7) is 5.31. The van der Waals surface area contributed by atoms with Crippen LogP contribution in [0.15, 0.2) is 29.1 Å². The third kappa shape index (κ3) is 3.62. The lowest BCUT2D eigenvalue weighted by atomic mass is 10.2. The first-order chi connectivity index (χ1) is 12.7. The number of para-hydroxylation sites is 1. The van der Waals surface area contributed by atoms with E-state index in [-0.39, 0.29) is 11.5 Å². The van der Waals surface area contributed by atoms with E-state index in [1.165, 1.54) is 0 Å². The summed E-state index contributed by atoms with van der Waals surface area (Å²) in [6.07, 6.45) is -0.450. The molecule has 0 saturated carbocycles. The fourth-order valence-corrected chi connectivity index (χ4v) is 3.51. The lowest BCUT2D eigenvalue weighted by Gasteiger charge is -2.36. The van der Waals surface area contributed by atoms with Crippen molar-refractivity contribution in [2.24, 2.45) is 0 Å². The Bertz CT molecular complexity index is 846. The smallest absolute Gasteiger partial charge is 0.258 e. The van der Waals surface area contributed by atoms with Crippen LogP contribution >= 0.6 is 0 Å². The first-order valence-electron chi connectivity index (χ1n) is 9.02. The number of fused-ring (bicyclic) bond motifs is 1. The maximum absolute atomic E-state index is 12.7. The number of carbonyl (C=O) groups excluding carboxylic acids is 1. The number of benzene rings is 1. The van der Waals surface area contributed by atoms with Crippen molar-refractivity contribution in [3.05, 3.63) is 40.4 Å². The molecular formula is C18H23N5O3. The van der Waals surface area contributed by atoms with Crippen molar-refractivity contribution in [3.63, 3.8) is 0 Å². The van der Waals surface area contributed by atoms with Crippen LogP contribution in [0.4, 0.5) is 0 Å². The average Bonchev–Trinajstić information content (AvgIpc) is 2.68. The number of carbonyl (C=O) groups is 1. The third-order valence-corrected chi connectivity index (χ3v) is 4.89. The predicted molar refractivity (Wildman–Crippen MR) is 96.8 cm³/mol. The van der Waals surface area contributed by atoms with Gasteiger partial charge in [0, 0.05) is 39.3 Å². The molecule has 2 aromatic rings. The number of nitrogens with zero attached hydrogens (tertiary/aromatic N) is 3. The largest absolute Gasteiger partial charge is 0.366 e. The van der Waals surface area contributed by atoms with Crippen molar-refractivity contribution in [3.8, 4) is 0 Å². The second-order valence-corrected chi connectivity index (χ2v) is 6.70. The van der Waals surface area contributed by atoms with Gasteiger partial charge in [-0.3, -0.25) is 14.5 Å². The monoisotopic (exact) mass is 357 g/mol. The van der Waals surface area contributed by atoms with Crippen LogP contribution in [0.3, 0.4) is 0 Å².